The summed E-state index contributed by atoms with van der Waals surface area (Å²) in [6.07, 6.45) is 6.44. The van der Waals surface area contributed by atoms with E-state index in [1.54, 1.807) is 0 Å². The monoisotopic (exact) mass is 329 g/mol. The number of carbonyl (C=O) groups is 1. The summed E-state index contributed by atoms with van der Waals surface area (Å²) in [6.45, 7) is 4.23. The Labute approximate surface area is 143 Å². The number of rotatable bonds is 0. The van der Waals surface area contributed by atoms with Crippen molar-refractivity contribution < 1.29 is 15.0 Å². The van der Waals surface area contributed by atoms with Crippen molar-refractivity contribution in [3.63, 3.8) is 0 Å². The molecule has 7 atom stereocenters. The van der Waals surface area contributed by atoms with Crippen LogP contribution in [0, 0.1) is 39.9 Å². The zero-order valence-corrected chi connectivity index (χ0v) is 14.6. The van der Waals surface area contributed by atoms with Gasteiger partial charge in [-0.05, 0) is 67.8 Å². The van der Waals surface area contributed by atoms with Gasteiger partial charge in [-0.2, -0.15) is 5.26 Å². The second-order valence-corrected chi connectivity index (χ2v) is 9.09. The lowest BCUT2D eigenvalue weighted by molar-refractivity contribution is -0.156. The maximum atomic E-state index is 11.9. The number of hydrogen-bond acceptors (Lipinski definition) is 4. The quantitative estimate of drug-likeness (QED) is 0.670. The van der Waals surface area contributed by atoms with Crippen LogP contribution in [0.15, 0.2) is 11.6 Å². The van der Waals surface area contributed by atoms with E-state index < -0.39 is 17.1 Å². The van der Waals surface area contributed by atoms with E-state index in [9.17, 15) is 20.3 Å². The number of nitrogens with zero attached hydrogens (tertiary/aromatic N) is 1. The van der Waals surface area contributed by atoms with Gasteiger partial charge in [-0.25, -0.2) is 0 Å². The SMILES string of the molecule is C[C@]12CCC(=O)C=C1CC[C@H]1[C@H]2[C@H](O)C[C@]2(C)[C@@H]1CC[C@@]2(O)C#N. The van der Waals surface area contributed by atoms with Gasteiger partial charge in [0.1, 0.15) is 0 Å². The Bertz CT molecular complexity index is 664. The summed E-state index contributed by atoms with van der Waals surface area (Å²) < 4.78 is 0. The molecule has 0 saturated heterocycles. The number of aliphatic hydroxyl groups excluding tert-OH is 1. The number of fused-ring (bicyclic) bond motifs is 5. The van der Waals surface area contributed by atoms with Crippen LogP contribution in [0.4, 0.5) is 0 Å². The van der Waals surface area contributed by atoms with Crippen LogP contribution in [-0.4, -0.2) is 27.7 Å². The number of aliphatic hydroxyl groups is 2. The fourth-order valence-electron chi connectivity index (χ4n) is 6.88. The summed E-state index contributed by atoms with van der Waals surface area (Å²) in [6, 6.07) is 2.16. The lowest BCUT2D eigenvalue weighted by Crippen LogP contribution is -2.59. The van der Waals surface area contributed by atoms with E-state index in [1.165, 1.54) is 5.57 Å². The molecular formula is C20H27NO3. The number of nitriles is 1. The van der Waals surface area contributed by atoms with Crippen molar-refractivity contribution in [1.29, 1.82) is 5.26 Å². The van der Waals surface area contributed by atoms with Crippen LogP contribution in [0.2, 0.25) is 0 Å². The molecule has 4 heteroatoms. The molecule has 4 aliphatic carbocycles. The van der Waals surface area contributed by atoms with E-state index in [2.05, 4.69) is 13.0 Å². The molecule has 4 aliphatic rings. The molecule has 0 unspecified atom stereocenters. The molecule has 0 bridgehead atoms. The van der Waals surface area contributed by atoms with Gasteiger partial charge in [0, 0.05) is 11.8 Å². The Morgan fingerprint density at radius 3 is 2.71 bits per heavy atom. The predicted octanol–water partition coefficient (Wildman–Crippen LogP) is 2.74. The third-order valence-corrected chi connectivity index (χ3v) is 8.23. The van der Waals surface area contributed by atoms with E-state index in [0.29, 0.717) is 25.2 Å². The molecule has 2 N–H and O–H groups in total. The molecule has 0 heterocycles. The highest BCUT2D eigenvalue weighted by molar-refractivity contribution is 5.91. The van der Waals surface area contributed by atoms with Gasteiger partial charge in [0.15, 0.2) is 11.4 Å². The molecule has 0 radical (unpaired) electrons. The first-order valence-electron chi connectivity index (χ1n) is 9.31. The largest absolute Gasteiger partial charge is 0.393 e. The third-order valence-electron chi connectivity index (χ3n) is 8.23. The Balaban J connectivity index is 1.76. The van der Waals surface area contributed by atoms with Gasteiger partial charge in [-0.1, -0.05) is 19.4 Å². The highest BCUT2D eigenvalue weighted by Crippen LogP contribution is 2.67. The Morgan fingerprint density at radius 2 is 2.00 bits per heavy atom. The minimum Gasteiger partial charge on any atom is -0.393 e. The van der Waals surface area contributed by atoms with Crippen LogP contribution in [0.1, 0.15) is 58.8 Å². The van der Waals surface area contributed by atoms with Crippen LogP contribution in [-0.2, 0) is 4.79 Å². The highest BCUT2D eigenvalue weighted by Gasteiger charge is 2.66. The molecule has 0 aromatic heterocycles. The first-order valence-corrected chi connectivity index (χ1v) is 9.31. The van der Waals surface area contributed by atoms with Crippen molar-refractivity contribution in [1.82, 2.24) is 0 Å². The van der Waals surface area contributed by atoms with E-state index in [-0.39, 0.29) is 23.0 Å². The maximum absolute atomic E-state index is 11.9. The van der Waals surface area contributed by atoms with Gasteiger partial charge in [-0.3, -0.25) is 4.79 Å². The topological polar surface area (TPSA) is 81.3 Å². The lowest BCUT2D eigenvalue weighted by atomic mass is 9.45. The van der Waals surface area contributed by atoms with Crippen molar-refractivity contribution in [2.45, 2.75) is 70.5 Å². The average Bonchev–Trinajstić information content (AvgIpc) is 2.79. The van der Waals surface area contributed by atoms with Crippen molar-refractivity contribution >= 4 is 5.78 Å². The molecule has 24 heavy (non-hydrogen) atoms. The van der Waals surface area contributed by atoms with Gasteiger partial charge < -0.3 is 10.2 Å². The van der Waals surface area contributed by atoms with E-state index in [0.717, 1.165) is 25.7 Å². The third kappa shape index (κ3) is 1.83. The van der Waals surface area contributed by atoms with Crippen LogP contribution in [0.3, 0.4) is 0 Å². The fourth-order valence-corrected chi connectivity index (χ4v) is 6.88. The summed E-state index contributed by atoms with van der Waals surface area (Å²) >= 11 is 0. The van der Waals surface area contributed by atoms with Crippen molar-refractivity contribution in [3.8, 4) is 6.07 Å². The van der Waals surface area contributed by atoms with E-state index >= 15 is 0 Å². The fraction of sp³-hybridized carbons (Fsp3) is 0.800. The molecular weight excluding hydrogens is 302 g/mol. The maximum Gasteiger partial charge on any atom is 0.156 e. The normalized spacial score (nSPS) is 53.5. The summed E-state index contributed by atoms with van der Waals surface area (Å²) in [4.78, 5) is 11.9. The summed E-state index contributed by atoms with van der Waals surface area (Å²) in [7, 11) is 0. The summed E-state index contributed by atoms with van der Waals surface area (Å²) in [5, 5.41) is 31.5. The summed E-state index contributed by atoms with van der Waals surface area (Å²) in [5.41, 5.74) is -0.727. The minimum atomic E-state index is -1.32. The second-order valence-electron chi connectivity index (χ2n) is 9.09. The van der Waals surface area contributed by atoms with Crippen molar-refractivity contribution in [2.75, 3.05) is 0 Å². The molecule has 0 aliphatic heterocycles. The molecule has 4 rings (SSSR count). The molecule has 0 amide bonds. The zero-order chi connectivity index (χ0) is 17.3. The number of allylic oxidation sites excluding steroid dienone is 1. The van der Waals surface area contributed by atoms with E-state index in [4.69, 9.17) is 0 Å². The summed E-state index contributed by atoms with van der Waals surface area (Å²) in [5.74, 6) is 0.975. The molecule has 3 fully saturated rings. The Morgan fingerprint density at radius 1 is 1.25 bits per heavy atom. The first kappa shape index (κ1) is 16.3. The Hall–Kier alpha value is -1.18. The van der Waals surface area contributed by atoms with E-state index in [1.807, 2.05) is 13.0 Å². The van der Waals surface area contributed by atoms with Gasteiger partial charge >= 0.3 is 0 Å². The number of ketones is 1. The molecule has 0 aromatic rings. The second kappa shape index (κ2) is 4.93. The van der Waals surface area contributed by atoms with Crippen LogP contribution in [0.5, 0.6) is 0 Å². The Kier molecular flexibility index (Phi) is 3.34. The van der Waals surface area contributed by atoms with Crippen LogP contribution >= 0.6 is 0 Å². The number of hydrogen-bond donors (Lipinski definition) is 2. The van der Waals surface area contributed by atoms with Gasteiger partial charge in [0.05, 0.1) is 12.2 Å². The molecule has 130 valence electrons. The van der Waals surface area contributed by atoms with Crippen LogP contribution in [0.25, 0.3) is 0 Å². The molecule has 4 nitrogen and oxygen atoms in total. The van der Waals surface area contributed by atoms with Crippen LogP contribution < -0.4 is 0 Å². The van der Waals surface area contributed by atoms with Gasteiger partial charge in [0.2, 0.25) is 0 Å². The lowest BCUT2D eigenvalue weighted by Gasteiger charge is -2.60. The molecule has 0 aromatic carbocycles. The average molecular weight is 329 g/mol. The predicted molar refractivity (Wildman–Crippen MR) is 88.7 cm³/mol. The first-order chi connectivity index (χ1) is 11.2. The highest BCUT2D eigenvalue weighted by atomic mass is 16.3. The number of carbonyl (C=O) groups excluding carboxylic acids is 1. The van der Waals surface area contributed by atoms with Crippen molar-refractivity contribution in [2.24, 2.45) is 28.6 Å². The van der Waals surface area contributed by atoms with Gasteiger partial charge in [0.25, 0.3) is 0 Å². The molecule has 3 saturated carbocycles. The minimum absolute atomic E-state index is 0.106. The van der Waals surface area contributed by atoms with Crippen molar-refractivity contribution in [3.05, 3.63) is 11.6 Å². The molecule has 0 spiro atoms. The standard InChI is InChI=1S/C20H27NO3/c1-18-7-5-13(22)9-12(18)3-4-14-15-6-8-20(24,11-21)19(15,2)10-16(23)17(14)18/h9,14-17,23-24H,3-8,10H2,1-2H3/t14-,15-,16-,17+,18+,19-,20-/m1/s1. The van der Waals surface area contributed by atoms with Gasteiger partial charge in [-0.15, -0.1) is 0 Å². The zero-order valence-electron chi connectivity index (χ0n) is 14.6. The smallest absolute Gasteiger partial charge is 0.156 e.